The van der Waals surface area contributed by atoms with Crippen LogP contribution in [0.25, 0.3) is 67.9 Å². The first-order valence-electron chi connectivity index (χ1n) is 13.2. The number of nitrogens with zero attached hydrogens (tertiary/aromatic N) is 9. The Morgan fingerprint density at radius 3 is 0.929 bits per heavy atom. The lowest BCUT2D eigenvalue weighted by Gasteiger charge is -2.11. The van der Waals surface area contributed by atoms with E-state index in [1.54, 1.807) is 18.6 Å². The van der Waals surface area contributed by atoms with E-state index in [1.165, 1.54) is 19.0 Å². The van der Waals surface area contributed by atoms with Crippen LogP contribution in [0.5, 0.6) is 0 Å². The van der Waals surface area contributed by atoms with E-state index in [0.29, 0.717) is 17.5 Å². The topological polar surface area (TPSA) is 116 Å². The Hall–Kier alpha value is -6.09. The zero-order valence-electron chi connectivity index (χ0n) is 22.1. The molecule has 0 N–H and O–H groups in total. The molecule has 7 rings (SSSR count). The van der Waals surface area contributed by atoms with Crippen LogP contribution < -0.4 is 0 Å². The fourth-order valence-corrected chi connectivity index (χ4v) is 4.60. The Bertz CT molecular complexity index is 1740. The van der Waals surface area contributed by atoms with Gasteiger partial charge in [0.2, 0.25) is 0 Å². The van der Waals surface area contributed by atoms with E-state index in [9.17, 15) is 0 Å². The first kappa shape index (κ1) is 24.9. The summed E-state index contributed by atoms with van der Waals surface area (Å²) in [6, 6.07) is 29.6. The zero-order chi connectivity index (χ0) is 28.1. The van der Waals surface area contributed by atoms with Crippen molar-refractivity contribution < 1.29 is 0 Å². The second-order valence-corrected chi connectivity index (χ2v) is 9.33. The maximum atomic E-state index is 4.94. The molecule has 3 aromatic carbocycles. The van der Waals surface area contributed by atoms with Crippen LogP contribution >= 0.6 is 0 Å². The summed E-state index contributed by atoms with van der Waals surface area (Å²) in [6.07, 6.45) is 9.79. The van der Waals surface area contributed by atoms with Crippen molar-refractivity contribution in [1.29, 1.82) is 0 Å². The van der Waals surface area contributed by atoms with E-state index in [0.717, 1.165) is 50.5 Å². The molecule has 7 aromatic rings. The highest BCUT2D eigenvalue weighted by molar-refractivity contribution is 5.74. The van der Waals surface area contributed by atoms with E-state index >= 15 is 0 Å². The number of benzene rings is 3. The summed E-state index contributed by atoms with van der Waals surface area (Å²) in [6.45, 7) is 0. The minimum atomic E-state index is 0.547. The van der Waals surface area contributed by atoms with Gasteiger partial charge in [-0.2, -0.15) is 0 Å². The Balaban J connectivity index is 1.38. The number of hydrogen-bond acceptors (Lipinski definition) is 9. The lowest BCUT2D eigenvalue weighted by Crippen LogP contribution is -2.01. The van der Waals surface area contributed by atoms with E-state index in [2.05, 4.69) is 29.9 Å². The highest BCUT2D eigenvalue weighted by atomic mass is 15.0. The number of rotatable bonds is 6. The maximum Gasteiger partial charge on any atom is 0.164 e. The monoisotopic (exact) mass is 543 g/mol. The lowest BCUT2D eigenvalue weighted by atomic mass is 10.1. The van der Waals surface area contributed by atoms with Crippen LogP contribution in [0.15, 0.2) is 129 Å². The Morgan fingerprint density at radius 1 is 0.333 bits per heavy atom. The molecule has 0 fully saturated rings. The second-order valence-electron chi connectivity index (χ2n) is 9.33. The van der Waals surface area contributed by atoms with Gasteiger partial charge in [-0.1, -0.05) is 54.6 Å². The van der Waals surface area contributed by atoms with Crippen molar-refractivity contribution in [3.8, 4) is 67.9 Å². The van der Waals surface area contributed by atoms with Gasteiger partial charge >= 0.3 is 0 Å². The molecule has 198 valence electrons. The van der Waals surface area contributed by atoms with Crippen molar-refractivity contribution in [3.63, 3.8) is 0 Å². The van der Waals surface area contributed by atoms with Crippen molar-refractivity contribution in [1.82, 2.24) is 44.9 Å². The molecule has 0 aliphatic rings. The van der Waals surface area contributed by atoms with Crippen LogP contribution in [0.2, 0.25) is 0 Å². The summed E-state index contributed by atoms with van der Waals surface area (Å²) in [7, 11) is 0. The first-order chi connectivity index (χ1) is 20.8. The number of hydrogen-bond donors (Lipinski definition) is 0. The fourth-order valence-electron chi connectivity index (χ4n) is 4.60. The summed E-state index contributed by atoms with van der Waals surface area (Å²) >= 11 is 0. The molecule has 0 bridgehead atoms. The summed E-state index contributed by atoms with van der Waals surface area (Å²) in [4.78, 5) is 40.2. The van der Waals surface area contributed by atoms with Crippen molar-refractivity contribution in [2.24, 2.45) is 0 Å². The largest absolute Gasteiger partial charge is 0.245 e. The molecule has 4 heterocycles. The Labute approximate surface area is 241 Å². The smallest absolute Gasteiger partial charge is 0.164 e. The third-order valence-corrected chi connectivity index (χ3v) is 6.63. The van der Waals surface area contributed by atoms with Crippen molar-refractivity contribution in [2.45, 2.75) is 0 Å². The van der Waals surface area contributed by atoms with Crippen LogP contribution in [0.4, 0.5) is 0 Å². The van der Waals surface area contributed by atoms with Gasteiger partial charge in [-0.15, -0.1) is 0 Å². The minimum absolute atomic E-state index is 0.547. The standard InChI is InChI=1S/C33H21N9/c1-4-22(28-10-13-34-19-37-28)16-25(7-1)31-40-32(26-8-2-5-23(17-26)29-11-14-35-20-38-29)42-33(41-31)27-9-3-6-24(18-27)30-12-15-36-21-39-30/h1-21H. The summed E-state index contributed by atoms with van der Waals surface area (Å²) in [5.41, 5.74) is 7.80. The quantitative estimate of drug-likeness (QED) is 0.240. The van der Waals surface area contributed by atoms with Crippen molar-refractivity contribution in [2.75, 3.05) is 0 Å². The molecule has 9 heteroatoms. The van der Waals surface area contributed by atoms with Crippen molar-refractivity contribution in [3.05, 3.63) is 129 Å². The van der Waals surface area contributed by atoms with Crippen LogP contribution in [0, 0.1) is 0 Å². The van der Waals surface area contributed by atoms with Crippen LogP contribution in [0.3, 0.4) is 0 Å². The molecule has 42 heavy (non-hydrogen) atoms. The molecule has 0 spiro atoms. The van der Waals surface area contributed by atoms with E-state index < -0.39 is 0 Å². The predicted octanol–water partition coefficient (Wildman–Crippen LogP) is 6.24. The summed E-state index contributed by atoms with van der Waals surface area (Å²) < 4.78 is 0. The third-order valence-electron chi connectivity index (χ3n) is 6.63. The number of aromatic nitrogens is 9. The molecule has 0 saturated carbocycles. The third kappa shape index (κ3) is 5.22. The van der Waals surface area contributed by atoms with Gasteiger partial charge in [0.05, 0.1) is 17.1 Å². The average Bonchev–Trinajstić information content (AvgIpc) is 3.09. The molecule has 4 aromatic heterocycles. The molecule has 0 saturated heterocycles. The predicted molar refractivity (Wildman–Crippen MR) is 159 cm³/mol. The van der Waals surface area contributed by atoms with Crippen LogP contribution in [-0.2, 0) is 0 Å². The molecular formula is C33H21N9. The summed E-state index contributed by atoms with van der Waals surface area (Å²) in [5.74, 6) is 1.64. The summed E-state index contributed by atoms with van der Waals surface area (Å²) in [5, 5.41) is 0. The van der Waals surface area contributed by atoms with Gasteiger partial charge in [0, 0.05) is 52.0 Å². The molecule has 0 aliphatic carbocycles. The molecule has 0 atom stereocenters. The molecule has 9 nitrogen and oxygen atoms in total. The molecule has 0 aliphatic heterocycles. The average molecular weight is 544 g/mol. The highest BCUT2D eigenvalue weighted by Gasteiger charge is 2.15. The molecule has 0 unspecified atom stereocenters. The van der Waals surface area contributed by atoms with Gasteiger partial charge in [0.25, 0.3) is 0 Å². The van der Waals surface area contributed by atoms with E-state index in [1.807, 2.05) is 91.0 Å². The Kier molecular flexibility index (Phi) is 6.63. The van der Waals surface area contributed by atoms with Gasteiger partial charge in [0.15, 0.2) is 17.5 Å². The SMILES string of the molecule is c1cc(-c2ccncn2)cc(-c2nc(-c3cccc(-c4ccncn4)c3)nc(-c3cccc(-c4ccncn4)c3)n2)c1. The molecule has 0 amide bonds. The molecular weight excluding hydrogens is 522 g/mol. The van der Waals surface area contributed by atoms with Gasteiger partial charge in [-0.3, -0.25) is 0 Å². The second kappa shape index (κ2) is 11.2. The lowest BCUT2D eigenvalue weighted by molar-refractivity contribution is 1.07. The fraction of sp³-hybridized carbons (Fsp3) is 0. The first-order valence-corrected chi connectivity index (χ1v) is 13.2. The van der Waals surface area contributed by atoms with Gasteiger partial charge < -0.3 is 0 Å². The zero-order valence-corrected chi connectivity index (χ0v) is 22.1. The van der Waals surface area contributed by atoms with Crippen LogP contribution in [-0.4, -0.2) is 44.9 Å². The van der Waals surface area contributed by atoms with Gasteiger partial charge in [0.1, 0.15) is 19.0 Å². The van der Waals surface area contributed by atoms with E-state index in [-0.39, 0.29) is 0 Å². The van der Waals surface area contributed by atoms with Gasteiger partial charge in [-0.05, 0) is 36.4 Å². The minimum Gasteiger partial charge on any atom is -0.245 e. The Morgan fingerprint density at radius 2 is 0.643 bits per heavy atom. The van der Waals surface area contributed by atoms with E-state index in [4.69, 9.17) is 15.0 Å². The van der Waals surface area contributed by atoms with Gasteiger partial charge in [-0.25, -0.2) is 44.9 Å². The highest BCUT2D eigenvalue weighted by Crippen LogP contribution is 2.30. The molecule has 0 radical (unpaired) electrons. The van der Waals surface area contributed by atoms with Crippen molar-refractivity contribution >= 4 is 0 Å². The normalized spacial score (nSPS) is 10.9. The maximum absolute atomic E-state index is 4.94. The van der Waals surface area contributed by atoms with Crippen LogP contribution in [0.1, 0.15) is 0 Å².